The van der Waals surface area contributed by atoms with Crippen molar-refractivity contribution in [2.75, 3.05) is 44.7 Å². The molecule has 32 heavy (non-hydrogen) atoms. The maximum Gasteiger partial charge on any atom is 0.251 e. The molecule has 1 aromatic heterocycles. The molecule has 1 N–H and O–H groups in total. The third-order valence-corrected chi connectivity index (χ3v) is 6.03. The molecule has 0 bridgehead atoms. The lowest BCUT2D eigenvalue weighted by Crippen LogP contribution is -2.50. The Balaban J connectivity index is 1.45. The number of aromatic nitrogens is 1. The molecule has 0 radical (unpaired) electrons. The predicted octanol–water partition coefficient (Wildman–Crippen LogP) is 4.04. The first-order valence-corrected chi connectivity index (χ1v) is 11.1. The number of methoxy groups -OCH3 is 1. The van der Waals surface area contributed by atoms with Crippen molar-refractivity contribution < 1.29 is 9.53 Å². The van der Waals surface area contributed by atoms with Gasteiger partial charge in [-0.05, 0) is 42.0 Å². The van der Waals surface area contributed by atoms with Gasteiger partial charge in [0, 0.05) is 55.7 Å². The summed E-state index contributed by atoms with van der Waals surface area (Å²) in [4.78, 5) is 21.7. The summed E-state index contributed by atoms with van der Waals surface area (Å²) < 4.78 is 5.54. The zero-order valence-corrected chi connectivity index (χ0v) is 18.8. The van der Waals surface area contributed by atoms with Crippen LogP contribution < -0.4 is 15.0 Å². The quantitative estimate of drug-likeness (QED) is 0.588. The van der Waals surface area contributed by atoms with E-state index in [-0.39, 0.29) is 11.9 Å². The van der Waals surface area contributed by atoms with Crippen molar-refractivity contribution in [3.63, 3.8) is 0 Å². The van der Waals surface area contributed by atoms with Gasteiger partial charge in [0.2, 0.25) is 0 Å². The minimum atomic E-state index is -0.131. The lowest BCUT2D eigenvalue weighted by atomic mass is 10.1. The van der Waals surface area contributed by atoms with Crippen LogP contribution in [0.1, 0.15) is 22.0 Å². The van der Waals surface area contributed by atoms with Gasteiger partial charge in [-0.3, -0.25) is 14.7 Å². The molecule has 6 nitrogen and oxygen atoms in total. The lowest BCUT2D eigenvalue weighted by molar-refractivity contribution is 0.0930. The van der Waals surface area contributed by atoms with Gasteiger partial charge < -0.3 is 15.0 Å². The third kappa shape index (κ3) is 5.21. The number of pyridine rings is 1. The fourth-order valence-corrected chi connectivity index (χ4v) is 4.31. The molecule has 7 heteroatoms. The summed E-state index contributed by atoms with van der Waals surface area (Å²) in [5.41, 5.74) is 2.76. The van der Waals surface area contributed by atoms with Gasteiger partial charge in [-0.25, -0.2) is 0 Å². The van der Waals surface area contributed by atoms with Gasteiger partial charge in [0.05, 0.1) is 18.8 Å². The molecule has 0 aliphatic carbocycles. The molecule has 2 aromatic carbocycles. The highest BCUT2D eigenvalue weighted by Gasteiger charge is 2.27. The minimum absolute atomic E-state index is 0.0339. The van der Waals surface area contributed by atoms with Crippen LogP contribution in [0.2, 0.25) is 5.02 Å². The zero-order valence-electron chi connectivity index (χ0n) is 18.1. The molecule has 1 atom stereocenters. The number of hydrogen-bond acceptors (Lipinski definition) is 5. The van der Waals surface area contributed by atoms with Crippen molar-refractivity contribution in [1.29, 1.82) is 0 Å². The molecule has 1 saturated heterocycles. The second-order valence-electron chi connectivity index (χ2n) is 7.72. The first-order valence-electron chi connectivity index (χ1n) is 10.7. The second kappa shape index (κ2) is 10.5. The van der Waals surface area contributed by atoms with Crippen molar-refractivity contribution in [3.8, 4) is 5.75 Å². The monoisotopic (exact) mass is 450 g/mol. The van der Waals surface area contributed by atoms with Crippen molar-refractivity contribution in [2.45, 2.75) is 6.04 Å². The number of para-hydroxylation sites is 2. The molecule has 4 rings (SSSR count). The first-order chi connectivity index (χ1) is 15.7. The van der Waals surface area contributed by atoms with Crippen LogP contribution in [0, 0.1) is 0 Å². The van der Waals surface area contributed by atoms with E-state index in [9.17, 15) is 4.79 Å². The van der Waals surface area contributed by atoms with E-state index in [1.54, 1.807) is 37.6 Å². The Morgan fingerprint density at radius 3 is 2.62 bits per heavy atom. The van der Waals surface area contributed by atoms with Gasteiger partial charge in [-0.15, -0.1) is 0 Å². The van der Waals surface area contributed by atoms with E-state index in [1.807, 2.05) is 30.5 Å². The van der Waals surface area contributed by atoms with Crippen LogP contribution in [0.25, 0.3) is 0 Å². The van der Waals surface area contributed by atoms with Gasteiger partial charge in [0.25, 0.3) is 5.91 Å². The summed E-state index contributed by atoms with van der Waals surface area (Å²) in [6.45, 7) is 3.97. The molecule has 2 heterocycles. The Bertz CT molecular complexity index is 1040. The number of nitrogens with one attached hydrogen (secondary N) is 1. The molecule has 0 spiro atoms. The minimum Gasteiger partial charge on any atom is -0.495 e. The predicted molar refractivity (Wildman–Crippen MR) is 128 cm³/mol. The Morgan fingerprint density at radius 1 is 1.09 bits per heavy atom. The molecular weight excluding hydrogens is 424 g/mol. The van der Waals surface area contributed by atoms with Crippen LogP contribution in [-0.4, -0.2) is 55.6 Å². The van der Waals surface area contributed by atoms with Gasteiger partial charge in [-0.1, -0.05) is 35.9 Å². The number of halogens is 1. The Morgan fingerprint density at radius 2 is 1.91 bits per heavy atom. The van der Waals surface area contributed by atoms with E-state index in [1.165, 1.54) is 0 Å². The summed E-state index contributed by atoms with van der Waals surface area (Å²) in [5, 5.41) is 3.63. The van der Waals surface area contributed by atoms with E-state index in [0.717, 1.165) is 43.2 Å². The highest BCUT2D eigenvalue weighted by molar-refractivity contribution is 6.30. The number of carbonyl (C=O) groups is 1. The number of anilines is 1. The topological polar surface area (TPSA) is 57.7 Å². The van der Waals surface area contributed by atoms with Crippen LogP contribution in [-0.2, 0) is 0 Å². The van der Waals surface area contributed by atoms with E-state index >= 15 is 0 Å². The van der Waals surface area contributed by atoms with E-state index in [2.05, 4.69) is 32.2 Å². The summed E-state index contributed by atoms with van der Waals surface area (Å²) in [7, 11) is 1.70. The average Bonchev–Trinajstić information content (AvgIpc) is 2.85. The van der Waals surface area contributed by atoms with E-state index in [4.69, 9.17) is 16.3 Å². The van der Waals surface area contributed by atoms with E-state index < -0.39 is 0 Å². The smallest absolute Gasteiger partial charge is 0.251 e. The Hall–Kier alpha value is -3.09. The Labute approximate surface area is 193 Å². The van der Waals surface area contributed by atoms with E-state index in [0.29, 0.717) is 17.1 Å². The number of nitrogens with zero attached hydrogens (tertiary/aromatic N) is 3. The highest BCUT2D eigenvalue weighted by atomic mass is 35.5. The Kier molecular flexibility index (Phi) is 7.24. The molecule has 1 amide bonds. The number of piperazine rings is 1. The molecular formula is C25H27ClN4O2. The maximum atomic E-state index is 12.7. The SMILES string of the molecule is COc1ccccc1N1CCN(C(CNC(=O)c2cccc(Cl)c2)c2cccnc2)CC1. The highest BCUT2D eigenvalue weighted by Crippen LogP contribution is 2.30. The molecule has 1 fully saturated rings. The lowest BCUT2D eigenvalue weighted by Gasteiger charge is -2.40. The fraction of sp³-hybridized carbons (Fsp3) is 0.280. The standard InChI is InChI=1S/C25H27ClN4O2/c1-32-24-10-3-2-9-22(24)29-12-14-30(15-13-29)23(20-7-5-11-27-17-20)18-28-25(31)19-6-4-8-21(26)16-19/h2-11,16-17,23H,12-15,18H2,1H3,(H,28,31). The van der Waals surface area contributed by atoms with Crippen LogP contribution in [0.4, 0.5) is 5.69 Å². The van der Waals surface area contributed by atoms with Gasteiger partial charge in [-0.2, -0.15) is 0 Å². The van der Waals surface area contributed by atoms with Gasteiger partial charge in [0.1, 0.15) is 5.75 Å². The molecule has 3 aromatic rings. The van der Waals surface area contributed by atoms with Crippen LogP contribution >= 0.6 is 11.6 Å². The van der Waals surface area contributed by atoms with Crippen molar-refractivity contribution in [2.24, 2.45) is 0 Å². The van der Waals surface area contributed by atoms with Crippen LogP contribution in [0.5, 0.6) is 5.75 Å². The molecule has 1 aliphatic rings. The summed E-state index contributed by atoms with van der Waals surface area (Å²) in [5.74, 6) is 0.757. The summed E-state index contributed by atoms with van der Waals surface area (Å²) in [6, 6.07) is 19.1. The molecule has 1 aliphatic heterocycles. The number of amides is 1. The summed E-state index contributed by atoms with van der Waals surface area (Å²) >= 11 is 6.04. The number of benzene rings is 2. The van der Waals surface area contributed by atoms with Crippen molar-refractivity contribution >= 4 is 23.2 Å². The number of rotatable bonds is 7. The fourth-order valence-electron chi connectivity index (χ4n) is 4.12. The average molecular weight is 451 g/mol. The normalized spacial score (nSPS) is 15.2. The number of hydrogen-bond donors (Lipinski definition) is 1. The molecule has 1 unspecified atom stereocenters. The number of carbonyl (C=O) groups excluding carboxylic acids is 1. The molecule has 0 saturated carbocycles. The maximum absolute atomic E-state index is 12.7. The third-order valence-electron chi connectivity index (χ3n) is 5.79. The van der Waals surface area contributed by atoms with Gasteiger partial charge in [0.15, 0.2) is 0 Å². The van der Waals surface area contributed by atoms with Crippen molar-refractivity contribution in [3.05, 3.63) is 89.2 Å². The summed E-state index contributed by atoms with van der Waals surface area (Å²) in [6.07, 6.45) is 3.65. The molecule has 166 valence electrons. The second-order valence-corrected chi connectivity index (χ2v) is 8.15. The van der Waals surface area contributed by atoms with Crippen molar-refractivity contribution in [1.82, 2.24) is 15.2 Å². The largest absolute Gasteiger partial charge is 0.495 e. The van der Waals surface area contributed by atoms with Crippen LogP contribution in [0.3, 0.4) is 0 Å². The number of ether oxygens (including phenoxy) is 1. The van der Waals surface area contributed by atoms with Crippen LogP contribution in [0.15, 0.2) is 73.1 Å². The van der Waals surface area contributed by atoms with Gasteiger partial charge >= 0.3 is 0 Å². The zero-order chi connectivity index (χ0) is 22.3. The first kappa shape index (κ1) is 22.1.